The summed E-state index contributed by atoms with van der Waals surface area (Å²) in [6.07, 6.45) is 0.449. The maximum absolute atomic E-state index is 12.2. The Morgan fingerprint density at radius 3 is 2.80 bits per heavy atom. The average molecular weight is 268 g/mol. The molecule has 0 saturated carbocycles. The van der Waals surface area contributed by atoms with Crippen LogP contribution in [0.1, 0.15) is 12.5 Å². The molecule has 0 aliphatic carbocycles. The summed E-state index contributed by atoms with van der Waals surface area (Å²) in [7, 11) is 0. The number of carbonyl (C=O) groups excluding carboxylic acids is 1. The third-order valence-corrected chi connectivity index (χ3v) is 4.09. The smallest absolute Gasteiger partial charge is 0.224 e. The first-order chi connectivity index (χ1) is 9.74. The molecule has 2 N–H and O–H groups in total. The normalized spacial score (nSPS) is 22.1. The van der Waals surface area contributed by atoms with E-state index in [0.29, 0.717) is 12.3 Å². The number of nitrogens with one attached hydrogen (secondary N) is 2. The van der Waals surface area contributed by atoms with Gasteiger partial charge < -0.3 is 10.6 Å². The molecule has 1 aliphatic rings. The number of carbonyl (C=O) groups is 1. The predicted octanol–water partition coefficient (Wildman–Crippen LogP) is 2.11. The molecule has 3 heteroatoms. The van der Waals surface area contributed by atoms with Gasteiger partial charge in [-0.05, 0) is 28.8 Å². The molecule has 2 unspecified atom stereocenters. The van der Waals surface area contributed by atoms with Gasteiger partial charge in [0.2, 0.25) is 5.91 Å². The van der Waals surface area contributed by atoms with E-state index in [9.17, 15) is 4.79 Å². The number of rotatable bonds is 3. The molecule has 1 amide bonds. The van der Waals surface area contributed by atoms with E-state index in [0.717, 1.165) is 18.7 Å². The van der Waals surface area contributed by atoms with Gasteiger partial charge in [0.05, 0.1) is 6.42 Å². The quantitative estimate of drug-likeness (QED) is 0.895. The van der Waals surface area contributed by atoms with Gasteiger partial charge in [-0.15, -0.1) is 0 Å². The van der Waals surface area contributed by atoms with E-state index in [1.54, 1.807) is 0 Å². The fourth-order valence-corrected chi connectivity index (χ4v) is 2.88. The molecule has 0 bridgehead atoms. The first kappa shape index (κ1) is 13.1. The summed E-state index contributed by atoms with van der Waals surface area (Å²) >= 11 is 0. The Balaban J connectivity index is 1.74. The lowest BCUT2D eigenvalue weighted by atomic mass is 10.0. The van der Waals surface area contributed by atoms with Crippen LogP contribution in [0.25, 0.3) is 10.8 Å². The van der Waals surface area contributed by atoms with Crippen LogP contribution in [0.3, 0.4) is 0 Å². The van der Waals surface area contributed by atoms with Gasteiger partial charge in [0.25, 0.3) is 0 Å². The van der Waals surface area contributed by atoms with Crippen LogP contribution < -0.4 is 10.6 Å². The van der Waals surface area contributed by atoms with E-state index in [1.165, 1.54) is 10.8 Å². The van der Waals surface area contributed by atoms with Gasteiger partial charge in [-0.3, -0.25) is 4.79 Å². The predicted molar refractivity (Wildman–Crippen MR) is 81.6 cm³/mol. The van der Waals surface area contributed by atoms with Crippen molar-refractivity contribution in [2.45, 2.75) is 19.4 Å². The largest absolute Gasteiger partial charge is 0.351 e. The molecule has 20 heavy (non-hydrogen) atoms. The zero-order valence-corrected chi connectivity index (χ0v) is 11.7. The van der Waals surface area contributed by atoms with Crippen molar-refractivity contribution in [3.8, 4) is 0 Å². The van der Waals surface area contributed by atoms with Crippen molar-refractivity contribution in [3.63, 3.8) is 0 Å². The van der Waals surface area contributed by atoms with Crippen molar-refractivity contribution in [2.24, 2.45) is 5.92 Å². The first-order valence-electron chi connectivity index (χ1n) is 7.21. The zero-order chi connectivity index (χ0) is 13.9. The van der Waals surface area contributed by atoms with Gasteiger partial charge in [0.15, 0.2) is 0 Å². The van der Waals surface area contributed by atoms with Crippen LogP contribution in [0, 0.1) is 5.92 Å². The van der Waals surface area contributed by atoms with E-state index in [2.05, 4.69) is 35.8 Å². The summed E-state index contributed by atoms with van der Waals surface area (Å²) in [6.45, 7) is 4.03. The molecule has 0 radical (unpaired) electrons. The summed E-state index contributed by atoms with van der Waals surface area (Å²) in [6, 6.07) is 14.6. The van der Waals surface area contributed by atoms with Gasteiger partial charge >= 0.3 is 0 Å². The second-order valence-electron chi connectivity index (χ2n) is 5.62. The molecule has 0 spiro atoms. The molecule has 3 nitrogen and oxygen atoms in total. The Hall–Kier alpha value is -1.87. The Bertz CT molecular complexity index is 618. The highest BCUT2D eigenvalue weighted by Gasteiger charge is 2.24. The van der Waals surface area contributed by atoms with Crippen LogP contribution in [-0.4, -0.2) is 25.0 Å². The molecule has 2 aromatic carbocycles. The van der Waals surface area contributed by atoms with Crippen molar-refractivity contribution in [1.82, 2.24) is 10.6 Å². The molecule has 1 heterocycles. The van der Waals surface area contributed by atoms with E-state index >= 15 is 0 Å². The maximum Gasteiger partial charge on any atom is 0.224 e. The highest BCUT2D eigenvalue weighted by atomic mass is 16.1. The van der Waals surface area contributed by atoms with Crippen LogP contribution in [0.5, 0.6) is 0 Å². The first-order valence-corrected chi connectivity index (χ1v) is 7.21. The van der Waals surface area contributed by atoms with Crippen molar-refractivity contribution in [1.29, 1.82) is 0 Å². The molecule has 0 aromatic heterocycles. The maximum atomic E-state index is 12.2. The van der Waals surface area contributed by atoms with Crippen LogP contribution in [0.15, 0.2) is 42.5 Å². The molecule has 104 valence electrons. The fourth-order valence-electron chi connectivity index (χ4n) is 2.88. The standard InChI is InChI=1S/C17H20N2O/c1-12-10-18-11-16(12)19-17(20)9-14-7-4-6-13-5-2-3-8-15(13)14/h2-8,12,16,18H,9-11H2,1H3,(H,19,20). The minimum atomic E-state index is 0.113. The Morgan fingerprint density at radius 2 is 2.00 bits per heavy atom. The lowest BCUT2D eigenvalue weighted by Crippen LogP contribution is -2.40. The molecule has 3 rings (SSSR count). The van der Waals surface area contributed by atoms with Crippen molar-refractivity contribution >= 4 is 16.7 Å². The molecular weight excluding hydrogens is 248 g/mol. The SMILES string of the molecule is CC1CNCC1NC(=O)Cc1cccc2ccccc12. The zero-order valence-electron chi connectivity index (χ0n) is 11.7. The Labute approximate surface area is 119 Å². The van der Waals surface area contributed by atoms with Crippen LogP contribution in [0.2, 0.25) is 0 Å². The third-order valence-electron chi connectivity index (χ3n) is 4.09. The highest BCUT2D eigenvalue weighted by molar-refractivity contribution is 5.90. The molecule has 2 atom stereocenters. The van der Waals surface area contributed by atoms with Crippen LogP contribution in [0.4, 0.5) is 0 Å². The molecule has 1 aliphatic heterocycles. The summed E-state index contributed by atoms with van der Waals surface area (Å²) in [4.78, 5) is 12.2. The number of hydrogen-bond donors (Lipinski definition) is 2. The van der Waals surface area contributed by atoms with Crippen LogP contribution >= 0.6 is 0 Å². The van der Waals surface area contributed by atoms with Gasteiger partial charge in [-0.1, -0.05) is 49.4 Å². The third kappa shape index (κ3) is 2.68. The lowest BCUT2D eigenvalue weighted by Gasteiger charge is -2.16. The van der Waals surface area contributed by atoms with Gasteiger partial charge in [-0.2, -0.15) is 0 Å². The van der Waals surface area contributed by atoms with Crippen LogP contribution in [-0.2, 0) is 11.2 Å². The molecule has 2 aromatic rings. The second-order valence-corrected chi connectivity index (χ2v) is 5.62. The topological polar surface area (TPSA) is 41.1 Å². The average Bonchev–Trinajstić information content (AvgIpc) is 2.85. The fraction of sp³-hybridized carbons (Fsp3) is 0.353. The summed E-state index contributed by atoms with van der Waals surface area (Å²) in [5, 5.41) is 8.80. The number of hydrogen-bond acceptors (Lipinski definition) is 2. The van der Waals surface area contributed by atoms with E-state index in [1.807, 2.05) is 24.3 Å². The summed E-state index contributed by atoms with van der Waals surface area (Å²) in [5.41, 5.74) is 1.10. The van der Waals surface area contributed by atoms with Crippen molar-refractivity contribution in [3.05, 3.63) is 48.0 Å². The molecule has 1 fully saturated rings. The van der Waals surface area contributed by atoms with Gasteiger partial charge in [0.1, 0.15) is 0 Å². The summed E-state index contributed by atoms with van der Waals surface area (Å²) in [5.74, 6) is 0.619. The highest BCUT2D eigenvalue weighted by Crippen LogP contribution is 2.19. The minimum absolute atomic E-state index is 0.113. The monoisotopic (exact) mass is 268 g/mol. The molecule has 1 saturated heterocycles. The number of fused-ring (bicyclic) bond motifs is 1. The van der Waals surface area contributed by atoms with E-state index in [-0.39, 0.29) is 11.9 Å². The number of amides is 1. The van der Waals surface area contributed by atoms with Gasteiger partial charge in [-0.25, -0.2) is 0 Å². The van der Waals surface area contributed by atoms with Crippen molar-refractivity contribution in [2.75, 3.05) is 13.1 Å². The Kier molecular flexibility index (Phi) is 3.70. The number of benzene rings is 2. The minimum Gasteiger partial charge on any atom is -0.351 e. The second kappa shape index (κ2) is 5.63. The van der Waals surface area contributed by atoms with E-state index < -0.39 is 0 Å². The lowest BCUT2D eigenvalue weighted by molar-refractivity contribution is -0.121. The van der Waals surface area contributed by atoms with Crippen molar-refractivity contribution < 1.29 is 4.79 Å². The Morgan fingerprint density at radius 1 is 1.20 bits per heavy atom. The summed E-state index contributed by atoms with van der Waals surface area (Å²) < 4.78 is 0. The molecular formula is C17H20N2O. The van der Waals surface area contributed by atoms with E-state index in [4.69, 9.17) is 0 Å². The van der Waals surface area contributed by atoms with Gasteiger partial charge in [0, 0.05) is 12.6 Å².